The topological polar surface area (TPSA) is 39.4 Å². The lowest BCUT2D eigenvalue weighted by Crippen LogP contribution is -2.39. The van der Waals surface area contributed by atoms with Crippen molar-refractivity contribution in [3.8, 4) is 6.07 Å². The molecular formula is C11H16BrN3SSi. The Bertz CT molecular complexity index is 480. The van der Waals surface area contributed by atoms with Crippen molar-refractivity contribution in [3.63, 3.8) is 0 Å². The van der Waals surface area contributed by atoms with Crippen LogP contribution in [0.2, 0.25) is 19.6 Å². The SMILES string of the molecule is CN(C)/C=N/c1sc(Br)c([Si](C)(C)C)c1C#N. The summed E-state index contributed by atoms with van der Waals surface area (Å²) >= 11 is 5.10. The van der Waals surface area contributed by atoms with E-state index < -0.39 is 8.07 Å². The van der Waals surface area contributed by atoms with Crippen LogP contribution in [0.15, 0.2) is 8.78 Å². The number of nitriles is 1. The molecule has 0 radical (unpaired) electrons. The molecule has 17 heavy (non-hydrogen) atoms. The van der Waals surface area contributed by atoms with Gasteiger partial charge in [-0.2, -0.15) is 5.26 Å². The molecule has 1 aromatic heterocycles. The van der Waals surface area contributed by atoms with E-state index in [0.29, 0.717) is 0 Å². The Kier molecular flexibility index (Phi) is 4.53. The van der Waals surface area contributed by atoms with Gasteiger partial charge in [0, 0.05) is 14.1 Å². The van der Waals surface area contributed by atoms with E-state index in [0.717, 1.165) is 14.4 Å². The maximum atomic E-state index is 9.31. The maximum Gasteiger partial charge on any atom is 0.136 e. The van der Waals surface area contributed by atoms with Gasteiger partial charge in [0.25, 0.3) is 0 Å². The van der Waals surface area contributed by atoms with Gasteiger partial charge in [-0.3, -0.25) is 0 Å². The van der Waals surface area contributed by atoms with E-state index in [1.807, 2.05) is 19.0 Å². The molecule has 0 aliphatic heterocycles. The molecular weight excluding hydrogens is 314 g/mol. The van der Waals surface area contributed by atoms with Gasteiger partial charge in [-0.15, -0.1) is 11.3 Å². The Hall–Kier alpha value is -0.643. The Morgan fingerprint density at radius 1 is 1.41 bits per heavy atom. The Balaban J connectivity index is 3.33. The molecule has 0 saturated carbocycles. The molecule has 0 unspecified atom stereocenters. The van der Waals surface area contributed by atoms with Crippen molar-refractivity contribution in [2.45, 2.75) is 19.6 Å². The monoisotopic (exact) mass is 329 g/mol. The number of hydrogen-bond donors (Lipinski definition) is 0. The van der Waals surface area contributed by atoms with Crippen LogP contribution < -0.4 is 5.19 Å². The van der Waals surface area contributed by atoms with E-state index in [1.54, 1.807) is 6.34 Å². The van der Waals surface area contributed by atoms with Crippen LogP contribution in [0.1, 0.15) is 5.56 Å². The largest absolute Gasteiger partial charge is 0.369 e. The third-order valence-electron chi connectivity index (χ3n) is 2.11. The van der Waals surface area contributed by atoms with E-state index in [9.17, 15) is 5.26 Å². The average molecular weight is 330 g/mol. The zero-order chi connectivity index (χ0) is 13.2. The number of thiophene rings is 1. The Morgan fingerprint density at radius 3 is 2.41 bits per heavy atom. The summed E-state index contributed by atoms with van der Waals surface area (Å²) in [5.74, 6) is 0. The molecule has 1 rings (SSSR count). The highest BCUT2D eigenvalue weighted by Gasteiger charge is 2.27. The summed E-state index contributed by atoms with van der Waals surface area (Å²) in [6.45, 7) is 6.71. The van der Waals surface area contributed by atoms with Crippen molar-refractivity contribution in [2.75, 3.05) is 14.1 Å². The van der Waals surface area contributed by atoms with Crippen molar-refractivity contribution in [2.24, 2.45) is 4.99 Å². The maximum absolute atomic E-state index is 9.31. The summed E-state index contributed by atoms with van der Waals surface area (Å²) < 4.78 is 1.05. The first-order valence-electron chi connectivity index (χ1n) is 5.21. The van der Waals surface area contributed by atoms with E-state index in [-0.39, 0.29) is 0 Å². The van der Waals surface area contributed by atoms with Gasteiger partial charge in [-0.25, -0.2) is 4.99 Å². The minimum atomic E-state index is -1.53. The molecule has 1 heterocycles. The van der Waals surface area contributed by atoms with Crippen molar-refractivity contribution >= 4 is 51.9 Å². The van der Waals surface area contributed by atoms with E-state index in [4.69, 9.17) is 0 Å². The lowest BCUT2D eigenvalue weighted by molar-refractivity contribution is 0.643. The zero-order valence-corrected chi connectivity index (χ0v) is 14.1. The molecule has 0 aliphatic carbocycles. The summed E-state index contributed by atoms with van der Waals surface area (Å²) in [6.07, 6.45) is 1.73. The quantitative estimate of drug-likeness (QED) is 0.485. The fourth-order valence-corrected chi connectivity index (χ4v) is 7.27. The number of halogens is 1. The molecule has 6 heteroatoms. The normalized spacial score (nSPS) is 11.8. The van der Waals surface area contributed by atoms with Gasteiger partial charge in [0.2, 0.25) is 0 Å². The number of hydrogen-bond acceptors (Lipinski definition) is 3. The molecule has 0 atom stereocenters. The van der Waals surface area contributed by atoms with Crippen LogP contribution in [0.5, 0.6) is 0 Å². The lowest BCUT2D eigenvalue weighted by Gasteiger charge is -2.15. The van der Waals surface area contributed by atoms with Gasteiger partial charge in [0.1, 0.15) is 11.1 Å². The number of nitrogens with zero attached hydrogens (tertiary/aromatic N) is 3. The van der Waals surface area contributed by atoms with E-state index in [2.05, 4.69) is 46.6 Å². The summed E-state index contributed by atoms with van der Waals surface area (Å²) in [6, 6.07) is 2.30. The van der Waals surface area contributed by atoms with Gasteiger partial charge in [0.15, 0.2) is 0 Å². The standard InChI is InChI=1S/C11H16BrN3SSi/c1-15(2)7-14-11-8(6-13)9(10(12)16-11)17(3,4)5/h7H,1-5H3/b14-7+. The predicted octanol–water partition coefficient (Wildman–Crippen LogP) is 3.15. The van der Waals surface area contributed by atoms with Crippen LogP contribution in [0.25, 0.3) is 0 Å². The molecule has 0 aliphatic rings. The molecule has 92 valence electrons. The van der Waals surface area contributed by atoms with Crippen LogP contribution in [-0.4, -0.2) is 33.4 Å². The van der Waals surface area contributed by atoms with Gasteiger partial charge in [-0.05, 0) is 21.1 Å². The number of rotatable bonds is 3. The van der Waals surface area contributed by atoms with Gasteiger partial charge >= 0.3 is 0 Å². The molecule has 0 aromatic carbocycles. The van der Waals surface area contributed by atoms with Crippen LogP contribution >= 0.6 is 27.3 Å². The molecule has 0 fully saturated rings. The van der Waals surface area contributed by atoms with Gasteiger partial charge < -0.3 is 4.90 Å². The highest BCUT2D eigenvalue weighted by atomic mass is 79.9. The summed E-state index contributed by atoms with van der Waals surface area (Å²) in [5, 5.41) is 11.3. The molecule has 3 nitrogen and oxygen atoms in total. The molecule has 0 amide bonds. The minimum Gasteiger partial charge on any atom is -0.369 e. The zero-order valence-electron chi connectivity index (χ0n) is 10.7. The smallest absolute Gasteiger partial charge is 0.136 e. The number of aliphatic imine (C=N–C) groups is 1. The van der Waals surface area contributed by atoms with Crippen LogP contribution in [0, 0.1) is 11.3 Å². The minimum absolute atomic E-state index is 0.735. The van der Waals surface area contributed by atoms with Crippen LogP contribution in [-0.2, 0) is 0 Å². The van der Waals surface area contributed by atoms with Crippen LogP contribution in [0.4, 0.5) is 5.00 Å². The molecule has 0 bridgehead atoms. The summed E-state index contributed by atoms with van der Waals surface area (Å²) in [4.78, 5) is 6.22. The summed E-state index contributed by atoms with van der Waals surface area (Å²) in [5.41, 5.74) is 0.735. The Labute approximate surface area is 116 Å². The van der Waals surface area contributed by atoms with Gasteiger partial charge in [-0.1, -0.05) is 19.6 Å². The second kappa shape index (κ2) is 5.34. The van der Waals surface area contributed by atoms with E-state index in [1.165, 1.54) is 16.5 Å². The van der Waals surface area contributed by atoms with Crippen LogP contribution in [0.3, 0.4) is 0 Å². The average Bonchev–Trinajstić information content (AvgIpc) is 2.50. The first-order valence-corrected chi connectivity index (χ1v) is 10.3. The highest BCUT2D eigenvalue weighted by Crippen LogP contribution is 2.34. The first kappa shape index (κ1) is 14.4. The third kappa shape index (κ3) is 3.41. The second-order valence-electron chi connectivity index (χ2n) is 5.00. The first-order chi connectivity index (χ1) is 7.77. The summed E-state index contributed by atoms with van der Waals surface area (Å²) in [7, 11) is 2.30. The third-order valence-corrected chi connectivity index (χ3v) is 6.43. The highest BCUT2D eigenvalue weighted by molar-refractivity contribution is 9.11. The van der Waals surface area contributed by atoms with Crippen molar-refractivity contribution in [1.29, 1.82) is 5.26 Å². The fourth-order valence-electron chi connectivity index (χ4n) is 1.42. The van der Waals surface area contributed by atoms with Gasteiger partial charge in [0.05, 0.1) is 23.8 Å². The molecule has 1 aromatic rings. The van der Waals surface area contributed by atoms with Crippen molar-refractivity contribution < 1.29 is 0 Å². The lowest BCUT2D eigenvalue weighted by atomic mass is 10.3. The molecule has 0 spiro atoms. The van der Waals surface area contributed by atoms with Crippen molar-refractivity contribution in [1.82, 2.24) is 4.90 Å². The predicted molar refractivity (Wildman–Crippen MR) is 81.6 cm³/mol. The second-order valence-corrected chi connectivity index (χ2v) is 12.3. The molecule has 0 saturated heterocycles. The van der Waals surface area contributed by atoms with E-state index >= 15 is 0 Å². The molecule has 0 N–H and O–H groups in total. The fraction of sp³-hybridized carbons (Fsp3) is 0.455. The Morgan fingerprint density at radius 2 is 2.00 bits per heavy atom. The van der Waals surface area contributed by atoms with Crippen molar-refractivity contribution in [3.05, 3.63) is 9.35 Å².